The second kappa shape index (κ2) is 7.17. The van der Waals surface area contributed by atoms with Crippen molar-refractivity contribution in [2.24, 2.45) is 0 Å². The minimum absolute atomic E-state index is 0.103. The largest absolute Gasteiger partial charge is 0.375 e. The van der Waals surface area contributed by atoms with Gasteiger partial charge in [-0.1, -0.05) is 13.3 Å². The predicted molar refractivity (Wildman–Crippen MR) is 81.8 cm³/mol. The summed E-state index contributed by atoms with van der Waals surface area (Å²) in [7, 11) is 3.93. The molecule has 0 radical (unpaired) electrons. The summed E-state index contributed by atoms with van der Waals surface area (Å²) in [5, 5.41) is 0. The maximum Gasteiger partial charge on any atom is 0.253 e. The maximum atomic E-state index is 12.3. The van der Waals surface area contributed by atoms with Crippen molar-refractivity contribution in [3.8, 4) is 0 Å². The number of hydrogen-bond donors (Lipinski definition) is 0. The Morgan fingerprint density at radius 2 is 1.74 bits per heavy atom. The van der Waals surface area contributed by atoms with E-state index in [4.69, 9.17) is 0 Å². The molecule has 19 heavy (non-hydrogen) atoms. The molecule has 1 aromatic rings. The molecule has 0 aliphatic rings. The van der Waals surface area contributed by atoms with E-state index in [1.807, 2.05) is 43.3 Å². The fraction of sp³-hybridized carbons (Fsp3) is 0.562. The Morgan fingerprint density at radius 1 is 1.16 bits per heavy atom. The first-order chi connectivity index (χ1) is 9.01. The van der Waals surface area contributed by atoms with Crippen molar-refractivity contribution in [1.82, 2.24) is 4.90 Å². The summed E-state index contributed by atoms with van der Waals surface area (Å²) in [4.78, 5) is 16.3. The number of nitrogens with zero attached hydrogens (tertiary/aromatic N) is 2. The van der Waals surface area contributed by atoms with Crippen molar-refractivity contribution >= 4 is 11.6 Å². The zero-order chi connectivity index (χ0) is 14.4. The van der Waals surface area contributed by atoms with E-state index in [1.54, 1.807) is 0 Å². The van der Waals surface area contributed by atoms with E-state index in [0.29, 0.717) is 0 Å². The standard InChI is InChI=1S/C16H26N2O/c1-6-8-13(3)18(5)16(19)14-9-11-15(12-10-14)17(4)7-2/h9-13H,6-8H2,1-5H3. The van der Waals surface area contributed by atoms with Crippen molar-refractivity contribution in [3.63, 3.8) is 0 Å². The molecule has 1 atom stereocenters. The van der Waals surface area contributed by atoms with Gasteiger partial charge in [-0.05, 0) is 44.5 Å². The number of anilines is 1. The van der Waals surface area contributed by atoms with Gasteiger partial charge in [-0.3, -0.25) is 4.79 Å². The predicted octanol–water partition coefficient (Wildman–Crippen LogP) is 3.40. The van der Waals surface area contributed by atoms with Gasteiger partial charge in [-0.15, -0.1) is 0 Å². The molecule has 3 nitrogen and oxygen atoms in total. The summed E-state index contributed by atoms with van der Waals surface area (Å²) in [6.07, 6.45) is 2.14. The quantitative estimate of drug-likeness (QED) is 0.784. The number of benzene rings is 1. The van der Waals surface area contributed by atoms with Crippen LogP contribution in [0.1, 0.15) is 44.0 Å². The van der Waals surface area contributed by atoms with Gasteiger partial charge in [0, 0.05) is 37.9 Å². The van der Waals surface area contributed by atoms with Crippen molar-refractivity contribution < 1.29 is 4.79 Å². The van der Waals surface area contributed by atoms with Gasteiger partial charge in [-0.2, -0.15) is 0 Å². The zero-order valence-corrected chi connectivity index (χ0v) is 12.8. The van der Waals surface area contributed by atoms with Crippen molar-refractivity contribution in [1.29, 1.82) is 0 Å². The molecule has 0 aromatic heterocycles. The molecule has 1 rings (SSSR count). The molecule has 0 spiro atoms. The number of amides is 1. The number of carbonyl (C=O) groups is 1. The molecular formula is C16H26N2O. The lowest BCUT2D eigenvalue weighted by Gasteiger charge is -2.25. The third kappa shape index (κ3) is 3.98. The topological polar surface area (TPSA) is 23.6 Å². The first-order valence-corrected chi connectivity index (χ1v) is 7.09. The van der Waals surface area contributed by atoms with E-state index in [0.717, 1.165) is 30.6 Å². The maximum absolute atomic E-state index is 12.3. The summed E-state index contributed by atoms with van der Waals surface area (Å²) in [6, 6.07) is 8.14. The minimum atomic E-state index is 0.103. The van der Waals surface area contributed by atoms with Gasteiger partial charge in [-0.25, -0.2) is 0 Å². The minimum Gasteiger partial charge on any atom is -0.375 e. The highest BCUT2D eigenvalue weighted by atomic mass is 16.2. The van der Waals surface area contributed by atoms with Crippen molar-refractivity contribution in [3.05, 3.63) is 29.8 Å². The van der Waals surface area contributed by atoms with Gasteiger partial charge in [0.2, 0.25) is 0 Å². The zero-order valence-electron chi connectivity index (χ0n) is 12.8. The van der Waals surface area contributed by atoms with Gasteiger partial charge < -0.3 is 9.80 Å². The first kappa shape index (κ1) is 15.5. The molecule has 106 valence electrons. The Labute approximate surface area is 117 Å². The van der Waals surface area contributed by atoms with Crippen LogP contribution in [0.5, 0.6) is 0 Å². The molecule has 0 aliphatic heterocycles. The average Bonchev–Trinajstić information content (AvgIpc) is 2.45. The van der Waals surface area contributed by atoms with E-state index in [9.17, 15) is 4.79 Å². The number of carbonyl (C=O) groups excluding carboxylic acids is 1. The molecule has 0 fully saturated rings. The molecule has 0 aliphatic carbocycles. The third-order valence-electron chi connectivity index (χ3n) is 3.72. The Kier molecular flexibility index (Phi) is 5.87. The monoisotopic (exact) mass is 262 g/mol. The highest BCUT2D eigenvalue weighted by Crippen LogP contribution is 2.16. The van der Waals surface area contributed by atoms with Crippen LogP contribution < -0.4 is 4.90 Å². The number of rotatable bonds is 6. The second-order valence-electron chi connectivity index (χ2n) is 5.11. The van der Waals surface area contributed by atoms with E-state index < -0.39 is 0 Å². The van der Waals surface area contributed by atoms with E-state index in [2.05, 4.69) is 25.7 Å². The molecule has 0 bridgehead atoms. The molecule has 0 N–H and O–H groups in total. The molecule has 3 heteroatoms. The molecule has 0 saturated carbocycles. The van der Waals surface area contributed by atoms with Crippen LogP contribution in [0.25, 0.3) is 0 Å². The summed E-state index contributed by atoms with van der Waals surface area (Å²) in [5.74, 6) is 0.103. The van der Waals surface area contributed by atoms with E-state index >= 15 is 0 Å². The number of hydrogen-bond acceptors (Lipinski definition) is 2. The van der Waals surface area contributed by atoms with Crippen LogP contribution in [-0.2, 0) is 0 Å². The summed E-state index contributed by atoms with van der Waals surface area (Å²) in [5.41, 5.74) is 1.90. The molecular weight excluding hydrogens is 236 g/mol. The van der Waals surface area contributed by atoms with Crippen LogP contribution >= 0.6 is 0 Å². The van der Waals surface area contributed by atoms with Crippen molar-refractivity contribution in [2.45, 2.75) is 39.7 Å². The van der Waals surface area contributed by atoms with Gasteiger partial charge >= 0.3 is 0 Å². The van der Waals surface area contributed by atoms with E-state index in [1.165, 1.54) is 0 Å². The Balaban J connectivity index is 2.77. The molecule has 0 saturated heterocycles. The Bertz CT molecular complexity index is 400. The molecule has 1 unspecified atom stereocenters. The lowest BCUT2D eigenvalue weighted by molar-refractivity contribution is 0.0737. The van der Waals surface area contributed by atoms with Crippen LogP contribution in [-0.4, -0.2) is 37.5 Å². The molecule has 1 aromatic carbocycles. The SMILES string of the molecule is CCCC(C)N(C)C(=O)c1ccc(N(C)CC)cc1. The summed E-state index contributed by atoms with van der Waals surface area (Å²) < 4.78 is 0. The first-order valence-electron chi connectivity index (χ1n) is 7.09. The fourth-order valence-corrected chi connectivity index (χ4v) is 2.06. The van der Waals surface area contributed by atoms with Crippen LogP contribution in [0.4, 0.5) is 5.69 Å². The lowest BCUT2D eigenvalue weighted by atomic mass is 10.1. The molecule has 1 amide bonds. The lowest BCUT2D eigenvalue weighted by Crippen LogP contribution is -2.34. The summed E-state index contributed by atoms with van der Waals surface area (Å²) >= 11 is 0. The van der Waals surface area contributed by atoms with Gasteiger partial charge in [0.15, 0.2) is 0 Å². The van der Waals surface area contributed by atoms with Gasteiger partial charge in [0.05, 0.1) is 0 Å². The second-order valence-corrected chi connectivity index (χ2v) is 5.11. The van der Waals surface area contributed by atoms with Gasteiger partial charge in [0.25, 0.3) is 5.91 Å². The Hall–Kier alpha value is -1.51. The van der Waals surface area contributed by atoms with Crippen LogP contribution in [0.15, 0.2) is 24.3 Å². The fourth-order valence-electron chi connectivity index (χ4n) is 2.06. The molecule has 0 heterocycles. The normalized spacial score (nSPS) is 12.1. The Morgan fingerprint density at radius 3 is 2.21 bits per heavy atom. The van der Waals surface area contributed by atoms with Crippen LogP contribution in [0.2, 0.25) is 0 Å². The summed E-state index contributed by atoms with van der Waals surface area (Å²) in [6.45, 7) is 7.31. The highest BCUT2D eigenvalue weighted by Gasteiger charge is 2.16. The van der Waals surface area contributed by atoms with Crippen molar-refractivity contribution in [2.75, 3.05) is 25.5 Å². The van der Waals surface area contributed by atoms with Gasteiger partial charge in [0.1, 0.15) is 0 Å². The smallest absolute Gasteiger partial charge is 0.253 e. The highest BCUT2D eigenvalue weighted by molar-refractivity contribution is 5.94. The third-order valence-corrected chi connectivity index (χ3v) is 3.72. The van der Waals surface area contributed by atoms with Crippen LogP contribution in [0.3, 0.4) is 0 Å². The van der Waals surface area contributed by atoms with Crippen LogP contribution in [0, 0.1) is 0 Å². The van der Waals surface area contributed by atoms with E-state index in [-0.39, 0.29) is 11.9 Å². The average molecular weight is 262 g/mol.